The monoisotopic (exact) mass is 410 g/mol. The molecule has 0 radical (unpaired) electrons. The van der Waals surface area contributed by atoms with Crippen molar-refractivity contribution in [2.75, 3.05) is 20.0 Å². The fourth-order valence-corrected chi connectivity index (χ4v) is 3.65. The number of hydrogen-bond acceptors (Lipinski definition) is 5. The molecular weight excluding hydrogens is 395 g/mol. The number of hydrogen-bond donors (Lipinski definition) is 0. The lowest BCUT2D eigenvalue weighted by Gasteiger charge is -2.18. The quantitative estimate of drug-likeness (QED) is 0.711. The second kappa shape index (κ2) is 8.20. The van der Waals surface area contributed by atoms with Gasteiger partial charge in [0.1, 0.15) is 11.5 Å². The van der Waals surface area contributed by atoms with Gasteiger partial charge in [0.05, 0.1) is 42.2 Å². The highest BCUT2D eigenvalue weighted by Crippen LogP contribution is 2.32. The molecule has 1 aliphatic heterocycles. The van der Waals surface area contributed by atoms with Gasteiger partial charge in [-0.3, -0.25) is 9.69 Å². The van der Waals surface area contributed by atoms with Gasteiger partial charge in [-0.1, -0.05) is 35.0 Å². The molecule has 0 aromatic heterocycles. The van der Waals surface area contributed by atoms with Crippen LogP contribution in [-0.2, 0) is 11.3 Å². The number of methoxy groups -OCH3 is 2. The molecule has 1 saturated heterocycles. The van der Waals surface area contributed by atoms with Gasteiger partial charge in [-0.25, -0.2) is 4.99 Å². The number of halogens is 2. The minimum absolute atomic E-state index is 0.00770. The Labute approximate surface area is 165 Å². The molecule has 0 saturated carbocycles. The first-order valence-corrected chi connectivity index (χ1v) is 9.43. The summed E-state index contributed by atoms with van der Waals surface area (Å²) in [7, 11) is 3.18. The van der Waals surface area contributed by atoms with E-state index in [4.69, 9.17) is 32.7 Å². The number of amidine groups is 1. The molecule has 0 atom stereocenters. The van der Waals surface area contributed by atoms with E-state index < -0.39 is 0 Å². The first-order chi connectivity index (χ1) is 12.5. The molecule has 0 bridgehead atoms. The molecule has 8 heteroatoms. The van der Waals surface area contributed by atoms with Gasteiger partial charge in [0, 0.05) is 11.6 Å². The van der Waals surface area contributed by atoms with Crippen LogP contribution in [0.3, 0.4) is 0 Å². The van der Waals surface area contributed by atoms with Crippen molar-refractivity contribution in [3.05, 3.63) is 52.0 Å². The maximum absolute atomic E-state index is 12.3. The summed E-state index contributed by atoms with van der Waals surface area (Å²) in [6.07, 6.45) is 0. The maximum Gasteiger partial charge on any atom is 0.239 e. The number of nitrogens with zero attached hydrogens (tertiary/aromatic N) is 2. The van der Waals surface area contributed by atoms with Crippen molar-refractivity contribution < 1.29 is 14.3 Å². The first kappa shape index (κ1) is 18.9. The number of thioether (sulfide) groups is 1. The Morgan fingerprint density at radius 2 is 1.92 bits per heavy atom. The number of carbonyl (C=O) groups is 1. The predicted octanol–water partition coefficient (Wildman–Crippen LogP) is 4.77. The van der Waals surface area contributed by atoms with E-state index >= 15 is 0 Å². The zero-order valence-electron chi connectivity index (χ0n) is 14.2. The Morgan fingerprint density at radius 1 is 1.12 bits per heavy atom. The molecule has 0 N–H and O–H groups in total. The molecule has 3 rings (SSSR count). The fraction of sp³-hybridized carbons (Fsp3) is 0.222. The van der Waals surface area contributed by atoms with Gasteiger partial charge in [0.2, 0.25) is 5.91 Å². The van der Waals surface area contributed by atoms with Gasteiger partial charge in [0.15, 0.2) is 5.17 Å². The maximum atomic E-state index is 12.3. The van der Waals surface area contributed by atoms with E-state index in [-0.39, 0.29) is 5.91 Å². The summed E-state index contributed by atoms with van der Waals surface area (Å²) in [5.74, 6) is 1.69. The number of ether oxygens (including phenoxy) is 2. The minimum atomic E-state index is -0.00770. The highest BCUT2D eigenvalue weighted by Gasteiger charge is 2.29. The number of aliphatic imine (C=N–C) groups is 1. The second-order valence-corrected chi connectivity index (χ2v) is 7.20. The molecule has 26 heavy (non-hydrogen) atoms. The van der Waals surface area contributed by atoms with Crippen LogP contribution in [-0.4, -0.2) is 35.9 Å². The van der Waals surface area contributed by atoms with Gasteiger partial charge < -0.3 is 9.47 Å². The zero-order chi connectivity index (χ0) is 18.7. The van der Waals surface area contributed by atoms with Crippen LogP contribution in [0.15, 0.2) is 41.4 Å². The molecule has 1 fully saturated rings. The predicted molar refractivity (Wildman–Crippen MR) is 106 cm³/mol. The van der Waals surface area contributed by atoms with E-state index in [1.807, 2.05) is 12.1 Å². The molecule has 1 heterocycles. The van der Waals surface area contributed by atoms with Gasteiger partial charge in [-0.2, -0.15) is 0 Å². The summed E-state index contributed by atoms with van der Waals surface area (Å²) in [5.41, 5.74) is 1.51. The largest absolute Gasteiger partial charge is 0.497 e. The van der Waals surface area contributed by atoms with Crippen molar-refractivity contribution in [1.82, 2.24) is 4.90 Å². The Bertz CT molecular complexity index is 874. The standard InChI is InChI=1S/C18H16Cl2N2O3S/c1-24-13-5-3-11(16(8-13)25-2)9-22-17(23)10-26-18(22)21-12-4-6-14(19)15(20)7-12/h3-8H,9-10H2,1-2H3. The highest BCUT2D eigenvalue weighted by molar-refractivity contribution is 8.15. The van der Waals surface area contributed by atoms with Crippen LogP contribution in [0.4, 0.5) is 5.69 Å². The lowest BCUT2D eigenvalue weighted by atomic mass is 10.2. The fourth-order valence-electron chi connectivity index (χ4n) is 2.46. The normalized spacial score (nSPS) is 15.6. The summed E-state index contributed by atoms with van der Waals surface area (Å²) in [6, 6.07) is 10.6. The lowest BCUT2D eigenvalue weighted by molar-refractivity contribution is -0.124. The minimum Gasteiger partial charge on any atom is -0.497 e. The van der Waals surface area contributed by atoms with E-state index in [1.54, 1.807) is 43.4 Å². The van der Waals surface area contributed by atoms with Gasteiger partial charge in [0.25, 0.3) is 0 Å². The first-order valence-electron chi connectivity index (χ1n) is 7.69. The Balaban J connectivity index is 1.89. The molecule has 2 aromatic rings. The van der Waals surface area contributed by atoms with Crippen LogP contribution in [0, 0.1) is 0 Å². The van der Waals surface area contributed by atoms with E-state index in [0.29, 0.717) is 44.7 Å². The van der Waals surface area contributed by atoms with E-state index in [0.717, 1.165) is 5.56 Å². The average molecular weight is 411 g/mol. The molecule has 1 amide bonds. The second-order valence-electron chi connectivity index (χ2n) is 5.44. The van der Waals surface area contributed by atoms with Crippen LogP contribution < -0.4 is 9.47 Å². The molecule has 0 aliphatic carbocycles. The molecule has 5 nitrogen and oxygen atoms in total. The summed E-state index contributed by atoms with van der Waals surface area (Å²) in [5, 5.41) is 1.50. The molecule has 0 unspecified atom stereocenters. The molecule has 0 spiro atoms. The smallest absolute Gasteiger partial charge is 0.239 e. The third-order valence-corrected chi connectivity index (χ3v) is 5.51. The van der Waals surface area contributed by atoms with Crippen LogP contribution in [0.25, 0.3) is 0 Å². The Hall–Kier alpha value is -1.89. The van der Waals surface area contributed by atoms with Crippen molar-refractivity contribution in [2.24, 2.45) is 4.99 Å². The summed E-state index contributed by atoms with van der Waals surface area (Å²) in [4.78, 5) is 18.5. The van der Waals surface area contributed by atoms with Gasteiger partial charge in [-0.15, -0.1) is 0 Å². The SMILES string of the molecule is COc1ccc(CN2C(=O)CSC2=Nc2ccc(Cl)c(Cl)c2)c(OC)c1. The van der Waals surface area contributed by atoms with Crippen molar-refractivity contribution in [3.63, 3.8) is 0 Å². The van der Waals surface area contributed by atoms with E-state index in [2.05, 4.69) is 4.99 Å². The zero-order valence-corrected chi connectivity index (χ0v) is 16.5. The van der Waals surface area contributed by atoms with E-state index in [1.165, 1.54) is 11.8 Å². The van der Waals surface area contributed by atoms with E-state index in [9.17, 15) is 4.79 Å². The van der Waals surface area contributed by atoms with Crippen molar-refractivity contribution >= 4 is 51.7 Å². The number of amides is 1. The summed E-state index contributed by atoms with van der Waals surface area (Å²) in [6.45, 7) is 0.360. The summed E-state index contributed by atoms with van der Waals surface area (Å²) >= 11 is 13.4. The highest BCUT2D eigenvalue weighted by atomic mass is 35.5. The average Bonchev–Trinajstić information content (AvgIpc) is 2.98. The lowest BCUT2D eigenvalue weighted by Crippen LogP contribution is -2.29. The third kappa shape index (κ3) is 4.09. The Kier molecular flexibility index (Phi) is 5.96. The Morgan fingerprint density at radius 3 is 2.62 bits per heavy atom. The van der Waals surface area contributed by atoms with Crippen LogP contribution in [0.5, 0.6) is 11.5 Å². The molecule has 2 aromatic carbocycles. The van der Waals surface area contributed by atoms with Crippen LogP contribution in [0.1, 0.15) is 5.56 Å². The van der Waals surface area contributed by atoms with Crippen molar-refractivity contribution in [1.29, 1.82) is 0 Å². The molecular formula is C18H16Cl2N2O3S. The van der Waals surface area contributed by atoms with Crippen LogP contribution >= 0.6 is 35.0 Å². The number of benzene rings is 2. The van der Waals surface area contributed by atoms with Gasteiger partial charge >= 0.3 is 0 Å². The molecule has 1 aliphatic rings. The number of rotatable bonds is 5. The summed E-state index contributed by atoms with van der Waals surface area (Å²) < 4.78 is 10.6. The van der Waals surface area contributed by atoms with Crippen molar-refractivity contribution in [3.8, 4) is 11.5 Å². The van der Waals surface area contributed by atoms with Gasteiger partial charge in [-0.05, 0) is 30.3 Å². The number of carbonyl (C=O) groups excluding carboxylic acids is 1. The van der Waals surface area contributed by atoms with Crippen LogP contribution in [0.2, 0.25) is 10.0 Å². The molecule has 136 valence electrons. The van der Waals surface area contributed by atoms with Crippen molar-refractivity contribution in [2.45, 2.75) is 6.54 Å². The topological polar surface area (TPSA) is 51.1 Å². The third-order valence-electron chi connectivity index (χ3n) is 3.81.